The van der Waals surface area contributed by atoms with E-state index in [9.17, 15) is 13.6 Å². The number of amides is 1. The second kappa shape index (κ2) is 7.05. The van der Waals surface area contributed by atoms with Crippen molar-refractivity contribution < 1.29 is 13.6 Å². The first kappa shape index (κ1) is 17.0. The monoisotopic (exact) mass is 380 g/mol. The smallest absolute Gasteiger partial charge is 0.261 e. The van der Waals surface area contributed by atoms with Crippen molar-refractivity contribution in [3.8, 4) is 0 Å². The number of benzene rings is 1. The molecule has 1 aromatic carbocycles. The third-order valence-electron chi connectivity index (χ3n) is 4.88. The highest BCUT2D eigenvalue weighted by Gasteiger charge is 2.35. The Kier molecular flexibility index (Phi) is 4.80. The van der Waals surface area contributed by atoms with Crippen molar-refractivity contribution in [3.63, 3.8) is 0 Å². The first-order valence-electron chi connectivity index (χ1n) is 8.34. The van der Waals surface area contributed by atoms with Gasteiger partial charge in [0.15, 0.2) is 0 Å². The van der Waals surface area contributed by atoms with Crippen LogP contribution in [0.15, 0.2) is 39.4 Å². The third-order valence-corrected chi connectivity index (χ3v) is 7.15. The fourth-order valence-corrected chi connectivity index (χ4v) is 5.52. The molecule has 1 aromatic heterocycles. The number of hydrogen-bond acceptors (Lipinski definition) is 4. The predicted molar refractivity (Wildman–Crippen MR) is 95.2 cm³/mol. The molecule has 3 aliphatic heterocycles. The van der Waals surface area contributed by atoms with Gasteiger partial charge in [0.1, 0.15) is 11.6 Å². The summed E-state index contributed by atoms with van der Waals surface area (Å²) in [5.41, 5.74) is 0. The van der Waals surface area contributed by atoms with E-state index in [1.54, 1.807) is 6.07 Å². The van der Waals surface area contributed by atoms with E-state index in [0.29, 0.717) is 15.7 Å². The molecule has 2 bridgehead atoms. The van der Waals surface area contributed by atoms with Crippen LogP contribution in [0.25, 0.3) is 0 Å². The van der Waals surface area contributed by atoms with Gasteiger partial charge in [-0.05, 0) is 56.1 Å². The maximum atomic E-state index is 13.8. The van der Waals surface area contributed by atoms with Gasteiger partial charge in [0.25, 0.3) is 5.91 Å². The number of thiophene rings is 1. The Morgan fingerprint density at radius 2 is 2.00 bits per heavy atom. The number of rotatable bonds is 4. The van der Waals surface area contributed by atoms with Gasteiger partial charge in [-0.25, -0.2) is 8.78 Å². The van der Waals surface area contributed by atoms with Gasteiger partial charge < -0.3 is 10.2 Å². The SMILES string of the molecule is O=C(N[C@H]1CN2CCC1CC2)c1ccc(Sc2ccc(F)cc2F)s1. The van der Waals surface area contributed by atoms with Gasteiger partial charge in [-0.1, -0.05) is 11.8 Å². The molecular weight excluding hydrogens is 362 g/mol. The summed E-state index contributed by atoms with van der Waals surface area (Å²) >= 11 is 2.54. The maximum Gasteiger partial charge on any atom is 0.261 e. The van der Waals surface area contributed by atoms with E-state index >= 15 is 0 Å². The zero-order valence-corrected chi connectivity index (χ0v) is 15.1. The van der Waals surface area contributed by atoms with Gasteiger partial charge >= 0.3 is 0 Å². The number of hydrogen-bond donors (Lipinski definition) is 1. The molecule has 1 N–H and O–H groups in total. The van der Waals surface area contributed by atoms with Gasteiger partial charge in [0.2, 0.25) is 0 Å². The second-order valence-electron chi connectivity index (χ2n) is 6.51. The summed E-state index contributed by atoms with van der Waals surface area (Å²) in [6.07, 6.45) is 2.31. The Balaban J connectivity index is 1.41. The average molecular weight is 380 g/mol. The fourth-order valence-electron chi connectivity index (χ4n) is 3.53. The number of piperidine rings is 3. The molecule has 4 heterocycles. The summed E-state index contributed by atoms with van der Waals surface area (Å²) in [6, 6.07) is 7.33. The molecule has 3 aliphatic rings. The minimum absolute atomic E-state index is 0.0600. The predicted octanol–water partition coefficient (Wildman–Crippen LogP) is 4.00. The summed E-state index contributed by atoms with van der Waals surface area (Å²) in [7, 11) is 0. The van der Waals surface area contributed by atoms with Crippen molar-refractivity contribution in [1.82, 2.24) is 10.2 Å². The van der Waals surface area contributed by atoms with Gasteiger partial charge in [0, 0.05) is 23.5 Å². The molecule has 0 unspecified atom stereocenters. The Morgan fingerprint density at radius 3 is 2.68 bits per heavy atom. The van der Waals surface area contributed by atoms with E-state index < -0.39 is 11.6 Å². The lowest BCUT2D eigenvalue weighted by Crippen LogP contribution is -2.57. The number of fused-ring (bicyclic) bond motifs is 3. The molecule has 1 amide bonds. The molecule has 3 saturated heterocycles. The second-order valence-corrected chi connectivity index (χ2v) is 8.94. The maximum absolute atomic E-state index is 13.8. The number of nitrogens with zero attached hydrogens (tertiary/aromatic N) is 1. The number of halogens is 2. The lowest BCUT2D eigenvalue weighted by atomic mass is 9.84. The van der Waals surface area contributed by atoms with E-state index in [1.807, 2.05) is 6.07 Å². The molecule has 7 heteroatoms. The summed E-state index contributed by atoms with van der Waals surface area (Å²) in [5, 5.41) is 3.16. The van der Waals surface area contributed by atoms with Crippen molar-refractivity contribution in [2.45, 2.75) is 28.0 Å². The molecule has 0 spiro atoms. The van der Waals surface area contributed by atoms with Crippen LogP contribution in [0.2, 0.25) is 0 Å². The van der Waals surface area contributed by atoms with E-state index in [-0.39, 0.29) is 11.9 Å². The Morgan fingerprint density at radius 1 is 1.20 bits per heavy atom. The normalized spacial score (nSPS) is 25.1. The van der Waals surface area contributed by atoms with Crippen LogP contribution in [0, 0.1) is 17.6 Å². The quantitative estimate of drug-likeness (QED) is 0.870. The molecular formula is C18H18F2N2OS2. The molecule has 132 valence electrons. The summed E-state index contributed by atoms with van der Waals surface area (Å²) in [4.78, 5) is 15.9. The zero-order chi connectivity index (χ0) is 17.4. The van der Waals surface area contributed by atoms with Crippen LogP contribution in [0.3, 0.4) is 0 Å². The molecule has 3 nitrogen and oxygen atoms in total. The van der Waals surface area contributed by atoms with Gasteiger partial charge in [-0.2, -0.15) is 0 Å². The molecule has 0 saturated carbocycles. The van der Waals surface area contributed by atoms with Crippen LogP contribution in [0.5, 0.6) is 0 Å². The Hall–Kier alpha value is -1.44. The van der Waals surface area contributed by atoms with Crippen molar-refractivity contribution in [3.05, 3.63) is 46.8 Å². The summed E-state index contributed by atoms with van der Waals surface area (Å²) in [5.74, 6) is -0.659. The van der Waals surface area contributed by atoms with Crippen molar-refractivity contribution in [1.29, 1.82) is 0 Å². The van der Waals surface area contributed by atoms with E-state index in [4.69, 9.17) is 0 Å². The largest absolute Gasteiger partial charge is 0.347 e. The first-order chi connectivity index (χ1) is 12.1. The first-order valence-corrected chi connectivity index (χ1v) is 9.98. The molecule has 0 radical (unpaired) electrons. The minimum Gasteiger partial charge on any atom is -0.347 e. The van der Waals surface area contributed by atoms with Crippen LogP contribution >= 0.6 is 23.1 Å². The van der Waals surface area contributed by atoms with Gasteiger partial charge in [0.05, 0.1) is 9.09 Å². The highest BCUT2D eigenvalue weighted by atomic mass is 32.2. The molecule has 1 atom stereocenters. The highest BCUT2D eigenvalue weighted by Crippen LogP contribution is 2.35. The Labute approximate surface area is 153 Å². The zero-order valence-electron chi connectivity index (χ0n) is 13.5. The van der Waals surface area contributed by atoms with Crippen LogP contribution < -0.4 is 5.32 Å². The fraction of sp³-hybridized carbons (Fsp3) is 0.389. The lowest BCUT2D eigenvalue weighted by Gasteiger charge is -2.44. The van der Waals surface area contributed by atoms with Crippen LogP contribution in [-0.2, 0) is 0 Å². The lowest BCUT2D eigenvalue weighted by molar-refractivity contribution is 0.0622. The molecule has 25 heavy (non-hydrogen) atoms. The standard InChI is InChI=1S/C18H18F2N2OS2/c19-12-1-2-15(13(20)9-12)24-17-4-3-16(25-17)18(23)21-14-10-22-7-5-11(14)6-8-22/h1-4,9,11,14H,5-8,10H2,(H,21,23)/t14-/m0/s1. The van der Waals surface area contributed by atoms with Gasteiger partial charge in [-0.15, -0.1) is 11.3 Å². The van der Waals surface area contributed by atoms with Crippen molar-refractivity contribution in [2.75, 3.05) is 19.6 Å². The van der Waals surface area contributed by atoms with E-state index in [0.717, 1.165) is 42.8 Å². The van der Waals surface area contributed by atoms with Crippen molar-refractivity contribution in [2.24, 2.45) is 5.92 Å². The van der Waals surface area contributed by atoms with Gasteiger partial charge in [-0.3, -0.25) is 4.79 Å². The average Bonchev–Trinajstić information content (AvgIpc) is 3.07. The molecule has 2 aromatic rings. The molecule has 3 fully saturated rings. The summed E-state index contributed by atoms with van der Waals surface area (Å²) < 4.78 is 27.5. The topological polar surface area (TPSA) is 32.3 Å². The van der Waals surface area contributed by atoms with Crippen LogP contribution in [-0.4, -0.2) is 36.5 Å². The van der Waals surface area contributed by atoms with Crippen LogP contribution in [0.1, 0.15) is 22.5 Å². The molecule has 5 rings (SSSR count). The number of carbonyl (C=O) groups excluding carboxylic acids is 1. The van der Waals surface area contributed by atoms with Crippen LogP contribution in [0.4, 0.5) is 8.78 Å². The van der Waals surface area contributed by atoms with Crippen molar-refractivity contribution >= 4 is 29.0 Å². The van der Waals surface area contributed by atoms with E-state index in [2.05, 4.69) is 10.2 Å². The van der Waals surface area contributed by atoms with E-state index in [1.165, 1.54) is 35.2 Å². The number of carbonyl (C=O) groups is 1. The third kappa shape index (κ3) is 3.73. The molecule has 0 aliphatic carbocycles. The number of nitrogens with one attached hydrogen (secondary N) is 1. The summed E-state index contributed by atoms with van der Waals surface area (Å²) in [6.45, 7) is 3.21. The highest BCUT2D eigenvalue weighted by molar-refractivity contribution is 8.01. The Bertz CT molecular complexity index is 787. The minimum atomic E-state index is -0.592.